The minimum atomic E-state index is -1.14. The molecule has 1 nitrogen and oxygen atoms in total. The van der Waals surface area contributed by atoms with E-state index in [0.29, 0.717) is 0 Å². The second-order valence-corrected chi connectivity index (χ2v) is 20.3. The molecule has 1 aromatic heterocycles. The molecule has 65 heavy (non-hydrogen) atoms. The zero-order valence-corrected chi connectivity index (χ0v) is 42.0. The maximum Gasteiger partial charge on any atom is 1.00 e. The van der Waals surface area contributed by atoms with Gasteiger partial charge < -0.3 is 17.4 Å². The summed E-state index contributed by atoms with van der Waals surface area (Å²) in [6.07, 6.45) is 15.6. The molecule has 1 heterocycles. The maximum atomic E-state index is 7.35. The van der Waals surface area contributed by atoms with E-state index in [2.05, 4.69) is 218 Å². The average Bonchev–Trinajstić information content (AvgIpc) is 3.89. The molecule has 9 aromatic carbocycles. The Labute approximate surface area is 417 Å². The van der Waals surface area contributed by atoms with Gasteiger partial charge in [-0.3, -0.25) is 11.8 Å². The SMILES string of the molecule is [Au+].[Au+].[C-]#Cc1cccc2c1-c1ccccc1C2.[C-]#Cc1cccc2c1c1ccccc1n2C.c1ccc([PH+](c2ccccc2)c2ccccc2[PH+](c2ccccc2)c2ccccc2)cc1. The van der Waals surface area contributed by atoms with Crippen LogP contribution >= 0.6 is 15.8 Å². The van der Waals surface area contributed by atoms with Crippen LogP contribution in [0, 0.1) is 24.7 Å². The van der Waals surface area contributed by atoms with Gasteiger partial charge in [-0.15, -0.1) is 23.3 Å². The van der Waals surface area contributed by atoms with Crippen LogP contribution < -0.4 is 31.8 Å². The van der Waals surface area contributed by atoms with Crippen LogP contribution in [0.4, 0.5) is 0 Å². The quantitative estimate of drug-likeness (QED) is 0.0677. The van der Waals surface area contributed by atoms with Crippen LogP contribution in [0.3, 0.4) is 0 Å². The van der Waals surface area contributed by atoms with Crippen LogP contribution in [-0.4, -0.2) is 4.57 Å². The van der Waals surface area contributed by atoms with Crippen molar-refractivity contribution < 1.29 is 44.8 Å². The third-order valence-corrected chi connectivity index (χ3v) is 17.6. The number of aryl methyl sites for hydroxylation is 1. The van der Waals surface area contributed by atoms with Crippen molar-refractivity contribution in [3.05, 3.63) is 266 Å². The smallest absolute Gasteiger partial charge is 0.366 e. The summed E-state index contributed by atoms with van der Waals surface area (Å²) in [4.78, 5) is 0. The van der Waals surface area contributed by atoms with Crippen LogP contribution in [-0.2, 0) is 58.2 Å². The summed E-state index contributed by atoms with van der Waals surface area (Å²) >= 11 is 0. The van der Waals surface area contributed by atoms with Gasteiger partial charge >= 0.3 is 44.8 Å². The predicted octanol–water partition coefficient (Wildman–Crippen LogP) is 11.1. The summed E-state index contributed by atoms with van der Waals surface area (Å²) in [6, 6.07) is 82.2. The minimum Gasteiger partial charge on any atom is -0.366 e. The van der Waals surface area contributed by atoms with Crippen LogP contribution in [0.25, 0.3) is 32.9 Å². The summed E-state index contributed by atoms with van der Waals surface area (Å²) in [5.41, 5.74) is 9.24. The van der Waals surface area contributed by atoms with E-state index >= 15 is 0 Å². The van der Waals surface area contributed by atoms with Gasteiger partial charge in [-0.1, -0.05) is 162 Å². The average molecular weight is 1240 g/mol. The standard InChI is InChI=1S/C30H24P2.C15H10N.C15H9.2Au/c1-5-15-25(16-6-1)31(26-17-7-2-8-18-26)29-23-13-14-24-30(29)32(27-19-9-3-10-20-27)28-21-11-4-12-22-28;1-3-11-7-6-10-14-15(11)12-8-4-5-9-13(12)16(14)2;1-2-11-7-5-8-13-10-12-6-3-4-9-14(12)15(11)13;;/h1-24H;4-10H,2H3;3-9H,10H2;;/q;2*-1;2*+1/p+2. The van der Waals surface area contributed by atoms with E-state index < -0.39 is 15.8 Å². The predicted molar refractivity (Wildman–Crippen MR) is 274 cm³/mol. The molecule has 0 aliphatic heterocycles. The summed E-state index contributed by atoms with van der Waals surface area (Å²) < 4.78 is 2.16. The van der Waals surface area contributed by atoms with Crippen LogP contribution in [0.15, 0.2) is 231 Å². The molecule has 0 atom stereocenters. The van der Waals surface area contributed by atoms with Crippen LogP contribution in [0.1, 0.15) is 22.3 Å². The second kappa shape index (κ2) is 22.4. The van der Waals surface area contributed by atoms with E-state index in [-0.39, 0.29) is 44.8 Å². The molecule has 10 aromatic rings. The number of hydrogen-bond acceptors (Lipinski definition) is 0. The van der Waals surface area contributed by atoms with E-state index in [1.807, 2.05) is 36.4 Å². The molecule has 0 unspecified atom stereocenters. The van der Waals surface area contributed by atoms with E-state index in [9.17, 15) is 0 Å². The Hall–Kier alpha value is -5.76. The first-order valence-corrected chi connectivity index (χ1v) is 24.2. The topological polar surface area (TPSA) is 4.93 Å². The van der Waals surface area contributed by atoms with Crippen molar-refractivity contribution in [1.82, 2.24) is 4.57 Å². The summed E-state index contributed by atoms with van der Waals surface area (Å²) in [6.45, 7) is 0. The summed E-state index contributed by atoms with van der Waals surface area (Å²) in [5.74, 6) is 5.03. The molecular formula is C60H45Au2NP2+2. The van der Waals surface area contributed by atoms with E-state index in [1.54, 1.807) is 0 Å². The number of benzene rings is 9. The fraction of sp³-hybridized carbons (Fsp3) is 0.0333. The zero-order chi connectivity index (χ0) is 43.0. The Balaban J connectivity index is 0.000000160. The molecule has 0 amide bonds. The van der Waals surface area contributed by atoms with Crippen molar-refractivity contribution in [3.63, 3.8) is 0 Å². The number of para-hydroxylation sites is 1. The number of aromatic nitrogens is 1. The fourth-order valence-electron chi connectivity index (χ4n) is 8.90. The van der Waals surface area contributed by atoms with Crippen LogP contribution in [0.5, 0.6) is 0 Å². The number of rotatable bonds is 6. The Morgan fingerprint density at radius 1 is 0.400 bits per heavy atom. The summed E-state index contributed by atoms with van der Waals surface area (Å²) in [5, 5.41) is 11.0. The zero-order valence-electron chi connectivity index (χ0n) is 35.7. The van der Waals surface area contributed by atoms with Crippen LogP contribution in [0.2, 0.25) is 0 Å². The summed E-state index contributed by atoms with van der Waals surface area (Å²) in [7, 11) is -0.226. The first-order chi connectivity index (χ1) is 31.1. The Bertz CT molecular complexity index is 3060. The van der Waals surface area contributed by atoms with Crippen molar-refractivity contribution in [2.45, 2.75) is 6.42 Å². The van der Waals surface area contributed by atoms with Gasteiger partial charge in [0.1, 0.15) is 47.7 Å². The van der Waals surface area contributed by atoms with E-state index in [1.165, 1.54) is 65.0 Å². The van der Waals surface area contributed by atoms with Gasteiger partial charge in [0, 0.05) is 18.1 Å². The molecule has 0 spiro atoms. The van der Waals surface area contributed by atoms with Crippen molar-refractivity contribution in [3.8, 4) is 23.0 Å². The maximum absolute atomic E-state index is 7.35. The Morgan fingerprint density at radius 2 is 0.800 bits per heavy atom. The largest absolute Gasteiger partial charge is 1.00 e. The molecule has 0 saturated heterocycles. The molecule has 1 aliphatic carbocycles. The number of nitrogens with zero attached hydrogens (tertiary/aromatic N) is 1. The van der Waals surface area contributed by atoms with Gasteiger partial charge in [-0.25, -0.2) is 0 Å². The van der Waals surface area contributed by atoms with Gasteiger partial charge in [0.05, 0.1) is 0 Å². The van der Waals surface area contributed by atoms with Crippen molar-refractivity contribution in [2.24, 2.45) is 7.05 Å². The Morgan fingerprint density at radius 3 is 1.32 bits per heavy atom. The van der Waals surface area contributed by atoms with Gasteiger partial charge in [0.25, 0.3) is 0 Å². The van der Waals surface area contributed by atoms with Crippen molar-refractivity contribution >= 4 is 69.5 Å². The van der Waals surface area contributed by atoms with Gasteiger partial charge in [0.2, 0.25) is 0 Å². The molecule has 5 heteroatoms. The third-order valence-electron chi connectivity index (χ3n) is 11.7. The van der Waals surface area contributed by atoms with Gasteiger partial charge in [-0.05, 0) is 95.7 Å². The fourth-order valence-corrected chi connectivity index (χ4v) is 14.9. The normalized spacial score (nSPS) is 10.8. The van der Waals surface area contributed by atoms with Gasteiger partial charge in [-0.2, -0.15) is 0 Å². The first kappa shape index (κ1) is 47.2. The second-order valence-electron chi connectivity index (χ2n) is 15.5. The minimum absolute atomic E-state index is 0. The molecule has 0 radical (unpaired) electrons. The third kappa shape index (κ3) is 10.1. The first-order valence-electron chi connectivity index (χ1n) is 21.2. The molecule has 11 rings (SSSR count). The van der Waals surface area contributed by atoms with Crippen molar-refractivity contribution in [2.75, 3.05) is 0 Å². The monoisotopic (exact) mass is 1240 g/mol. The van der Waals surface area contributed by atoms with E-state index in [4.69, 9.17) is 12.8 Å². The number of hydrogen-bond donors (Lipinski definition) is 0. The molecule has 0 fully saturated rings. The van der Waals surface area contributed by atoms with Crippen molar-refractivity contribution in [1.29, 1.82) is 0 Å². The molecular weight excluding hydrogens is 1190 g/mol. The van der Waals surface area contributed by atoms with Gasteiger partial charge in [0.15, 0.2) is 0 Å². The molecule has 1 aliphatic rings. The van der Waals surface area contributed by atoms with E-state index in [0.717, 1.165) is 28.5 Å². The Kier molecular flexibility index (Phi) is 16.3. The molecule has 0 N–H and O–H groups in total. The number of fused-ring (bicyclic) bond motifs is 6. The molecule has 0 bridgehead atoms. The molecule has 320 valence electrons. The molecule has 0 saturated carbocycles.